The number of hydrogen-bond donors (Lipinski definition) is 1. The van der Waals surface area contributed by atoms with Crippen LogP contribution >= 0.6 is 0 Å². The standard InChI is InChI=1S/C21H27NO5/c1-4-7-14-10-15(12-18(26-2)19(14)27-3)20(23)22-16-9-6-5-8-13(16)11-17(22)21(24)25/h4,10,12-13,16-17H,1,5-9,11H2,2-3H3,(H,24,25). The van der Waals surface area contributed by atoms with Gasteiger partial charge in [0.2, 0.25) is 0 Å². The highest BCUT2D eigenvalue weighted by atomic mass is 16.5. The van der Waals surface area contributed by atoms with E-state index in [0.717, 1.165) is 31.2 Å². The van der Waals surface area contributed by atoms with Crippen LogP contribution in [0.2, 0.25) is 0 Å². The summed E-state index contributed by atoms with van der Waals surface area (Å²) in [6.45, 7) is 3.76. The molecule has 3 unspecified atom stereocenters. The van der Waals surface area contributed by atoms with Crippen LogP contribution in [0.3, 0.4) is 0 Å². The molecular weight excluding hydrogens is 346 g/mol. The predicted octanol–water partition coefficient (Wildman–Crippen LogP) is 3.29. The lowest BCUT2D eigenvalue weighted by atomic mass is 9.84. The lowest BCUT2D eigenvalue weighted by Gasteiger charge is -2.33. The topological polar surface area (TPSA) is 76.1 Å². The summed E-state index contributed by atoms with van der Waals surface area (Å²) in [5.74, 6) is 0.136. The van der Waals surface area contributed by atoms with Crippen molar-refractivity contribution in [3.63, 3.8) is 0 Å². The van der Waals surface area contributed by atoms with E-state index < -0.39 is 12.0 Å². The van der Waals surface area contributed by atoms with E-state index >= 15 is 0 Å². The normalized spacial score (nSPS) is 24.2. The molecule has 2 aliphatic rings. The Morgan fingerprint density at radius 3 is 2.63 bits per heavy atom. The van der Waals surface area contributed by atoms with Gasteiger partial charge in [0.05, 0.1) is 14.2 Å². The Morgan fingerprint density at radius 1 is 1.26 bits per heavy atom. The van der Waals surface area contributed by atoms with Gasteiger partial charge in [0.15, 0.2) is 11.5 Å². The van der Waals surface area contributed by atoms with Crippen LogP contribution in [0.15, 0.2) is 24.8 Å². The summed E-state index contributed by atoms with van der Waals surface area (Å²) in [4.78, 5) is 26.8. The Kier molecular flexibility index (Phi) is 5.73. The van der Waals surface area contributed by atoms with Crippen LogP contribution in [0.4, 0.5) is 0 Å². The number of hydrogen-bond acceptors (Lipinski definition) is 4. The number of nitrogens with zero attached hydrogens (tertiary/aromatic N) is 1. The molecule has 6 heteroatoms. The number of methoxy groups -OCH3 is 2. The van der Waals surface area contributed by atoms with Crippen molar-refractivity contribution in [2.24, 2.45) is 5.92 Å². The Morgan fingerprint density at radius 2 is 2.00 bits per heavy atom. The maximum Gasteiger partial charge on any atom is 0.326 e. The third-order valence-electron chi connectivity index (χ3n) is 5.77. The summed E-state index contributed by atoms with van der Waals surface area (Å²) in [7, 11) is 3.08. The first-order chi connectivity index (χ1) is 13.0. The van der Waals surface area contributed by atoms with E-state index in [1.165, 1.54) is 7.11 Å². The second-order valence-electron chi connectivity index (χ2n) is 7.28. The number of aliphatic carboxylic acids is 1. The van der Waals surface area contributed by atoms with Gasteiger partial charge >= 0.3 is 5.97 Å². The highest BCUT2D eigenvalue weighted by Crippen LogP contribution is 2.41. The molecule has 146 valence electrons. The van der Waals surface area contributed by atoms with Crippen LogP contribution < -0.4 is 9.47 Å². The van der Waals surface area contributed by atoms with E-state index in [4.69, 9.17) is 9.47 Å². The number of carbonyl (C=O) groups excluding carboxylic acids is 1. The van der Waals surface area contributed by atoms with Gasteiger partial charge in [-0.1, -0.05) is 18.9 Å². The van der Waals surface area contributed by atoms with Crippen molar-refractivity contribution in [2.45, 2.75) is 50.6 Å². The maximum atomic E-state index is 13.4. The van der Waals surface area contributed by atoms with Crippen LogP contribution in [0, 0.1) is 5.92 Å². The smallest absolute Gasteiger partial charge is 0.326 e. The molecule has 1 heterocycles. The van der Waals surface area contributed by atoms with Crippen molar-refractivity contribution >= 4 is 11.9 Å². The van der Waals surface area contributed by atoms with Crippen LogP contribution in [0.1, 0.15) is 48.0 Å². The second-order valence-corrected chi connectivity index (χ2v) is 7.28. The molecule has 0 radical (unpaired) electrons. The molecule has 1 aromatic rings. The number of fused-ring (bicyclic) bond motifs is 1. The van der Waals surface area contributed by atoms with Gasteiger partial charge < -0.3 is 19.5 Å². The number of likely N-dealkylation sites (tertiary alicyclic amines) is 1. The molecule has 0 bridgehead atoms. The molecule has 1 saturated carbocycles. The van der Waals surface area contributed by atoms with Gasteiger partial charge in [-0.15, -0.1) is 6.58 Å². The lowest BCUT2D eigenvalue weighted by Crippen LogP contribution is -2.46. The summed E-state index contributed by atoms with van der Waals surface area (Å²) < 4.78 is 10.8. The molecule has 0 aromatic heterocycles. The average Bonchev–Trinajstić information content (AvgIpc) is 3.06. The Bertz CT molecular complexity index is 744. The molecule has 1 aromatic carbocycles. The number of ether oxygens (including phenoxy) is 2. The average molecular weight is 373 g/mol. The van der Waals surface area contributed by atoms with Gasteiger partial charge in [0.25, 0.3) is 5.91 Å². The summed E-state index contributed by atoms with van der Waals surface area (Å²) in [6, 6.07) is 2.65. The Balaban J connectivity index is 2.01. The van der Waals surface area contributed by atoms with E-state index in [0.29, 0.717) is 29.9 Å². The molecule has 0 spiro atoms. The van der Waals surface area contributed by atoms with Gasteiger partial charge in [0.1, 0.15) is 6.04 Å². The number of carboxylic acid groups (broad SMARTS) is 1. The van der Waals surface area contributed by atoms with Crippen molar-refractivity contribution < 1.29 is 24.2 Å². The minimum atomic E-state index is -0.926. The van der Waals surface area contributed by atoms with Gasteiger partial charge in [-0.2, -0.15) is 0 Å². The van der Waals surface area contributed by atoms with Gasteiger partial charge in [0, 0.05) is 17.2 Å². The number of amides is 1. The summed E-state index contributed by atoms with van der Waals surface area (Å²) in [5.41, 5.74) is 1.23. The second kappa shape index (κ2) is 8.03. The van der Waals surface area contributed by atoms with Crippen molar-refractivity contribution in [3.05, 3.63) is 35.9 Å². The highest BCUT2D eigenvalue weighted by Gasteiger charge is 2.47. The van der Waals surface area contributed by atoms with Crippen LogP contribution in [0.25, 0.3) is 0 Å². The number of rotatable bonds is 6. The number of allylic oxidation sites excluding steroid dienone is 1. The first-order valence-corrected chi connectivity index (χ1v) is 9.43. The lowest BCUT2D eigenvalue weighted by molar-refractivity contribution is -0.141. The van der Waals surface area contributed by atoms with Crippen molar-refractivity contribution in [3.8, 4) is 11.5 Å². The number of carboxylic acids is 1. The summed E-state index contributed by atoms with van der Waals surface area (Å²) in [5, 5.41) is 9.70. The Labute approximate surface area is 159 Å². The first-order valence-electron chi connectivity index (χ1n) is 9.43. The van der Waals surface area contributed by atoms with Crippen LogP contribution in [-0.2, 0) is 11.2 Å². The molecule has 1 aliphatic carbocycles. The third kappa shape index (κ3) is 3.53. The zero-order valence-electron chi connectivity index (χ0n) is 15.9. The molecule has 1 N–H and O–H groups in total. The van der Waals surface area contributed by atoms with Crippen molar-refractivity contribution in [1.82, 2.24) is 4.90 Å². The molecule has 1 amide bonds. The molecule has 27 heavy (non-hydrogen) atoms. The monoisotopic (exact) mass is 373 g/mol. The fraction of sp³-hybridized carbons (Fsp3) is 0.524. The summed E-state index contributed by atoms with van der Waals surface area (Å²) >= 11 is 0. The fourth-order valence-electron chi connectivity index (χ4n) is 4.60. The quantitative estimate of drug-likeness (QED) is 0.775. The Hall–Kier alpha value is -2.50. The SMILES string of the molecule is C=CCc1cc(C(=O)N2C(C(=O)O)CC3CCCCC32)cc(OC)c1OC. The first kappa shape index (κ1) is 19.3. The number of carbonyl (C=O) groups is 2. The predicted molar refractivity (Wildman–Crippen MR) is 101 cm³/mol. The molecule has 3 rings (SSSR count). The van der Waals surface area contributed by atoms with E-state index in [1.54, 1.807) is 30.2 Å². The van der Waals surface area contributed by atoms with E-state index in [2.05, 4.69) is 6.58 Å². The largest absolute Gasteiger partial charge is 0.493 e. The zero-order chi connectivity index (χ0) is 19.6. The molecule has 2 fully saturated rings. The minimum Gasteiger partial charge on any atom is -0.493 e. The highest BCUT2D eigenvalue weighted by molar-refractivity contribution is 5.98. The minimum absolute atomic E-state index is 0.00306. The molecular formula is C21H27NO5. The molecule has 1 saturated heterocycles. The van der Waals surface area contributed by atoms with Crippen LogP contribution in [-0.4, -0.2) is 48.2 Å². The van der Waals surface area contributed by atoms with Crippen LogP contribution in [0.5, 0.6) is 11.5 Å². The van der Waals surface area contributed by atoms with Gasteiger partial charge in [-0.05, 0) is 43.7 Å². The van der Waals surface area contributed by atoms with Crippen molar-refractivity contribution in [2.75, 3.05) is 14.2 Å². The third-order valence-corrected chi connectivity index (χ3v) is 5.77. The van der Waals surface area contributed by atoms with Crippen molar-refractivity contribution in [1.29, 1.82) is 0 Å². The van der Waals surface area contributed by atoms with E-state index in [1.807, 2.05) is 0 Å². The van der Waals surface area contributed by atoms with E-state index in [-0.39, 0.29) is 17.9 Å². The zero-order valence-corrected chi connectivity index (χ0v) is 15.9. The maximum absolute atomic E-state index is 13.4. The molecule has 6 nitrogen and oxygen atoms in total. The van der Waals surface area contributed by atoms with Gasteiger partial charge in [-0.25, -0.2) is 4.79 Å². The summed E-state index contributed by atoms with van der Waals surface area (Å²) in [6.07, 6.45) is 6.80. The number of benzene rings is 1. The van der Waals surface area contributed by atoms with E-state index in [9.17, 15) is 14.7 Å². The molecule has 1 aliphatic heterocycles. The van der Waals surface area contributed by atoms with Gasteiger partial charge in [-0.3, -0.25) is 4.79 Å². The molecule has 3 atom stereocenters. The fourth-order valence-corrected chi connectivity index (χ4v) is 4.60.